The number of nitrogens with one attached hydrogen (secondary N) is 1. The maximum Gasteiger partial charge on any atom is 0.0587 e. The molecule has 1 atom stereocenters. The van der Waals surface area contributed by atoms with Crippen molar-refractivity contribution in [2.45, 2.75) is 45.2 Å². The van der Waals surface area contributed by atoms with Crippen LogP contribution in [0.25, 0.3) is 0 Å². The van der Waals surface area contributed by atoms with E-state index in [1.165, 1.54) is 0 Å². The topological polar surface area (TPSA) is 41.5 Å². The monoisotopic (exact) mass is 201 g/mol. The third-order valence-corrected chi connectivity index (χ3v) is 2.65. The Balaban J connectivity index is 2.43. The molecule has 3 heteroatoms. The maximum atomic E-state index is 9.34. The molecule has 0 spiro atoms. The largest absolute Gasteiger partial charge is 0.395 e. The van der Waals surface area contributed by atoms with E-state index in [1.54, 1.807) is 0 Å². The number of aliphatic hydroxyl groups is 1. The van der Waals surface area contributed by atoms with E-state index < -0.39 is 0 Å². The highest BCUT2D eigenvalue weighted by molar-refractivity contribution is 4.83. The number of rotatable bonds is 3. The predicted octanol–water partition coefficient (Wildman–Crippen LogP) is 1.16. The summed E-state index contributed by atoms with van der Waals surface area (Å²) in [6.07, 6.45) is 2.13. The first-order valence-corrected chi connectivity index (χ1v) is 5.49. The predicted molar refractivity (Wildman–Crippen MR) is 57.3 cm³/mol. The van der Waals surface area contributed by atoms with Crippen molar-refractivity contribution in [3.05, 3.63) is 0 Å². The molecule has 1 fully saturated rings. The molecule has 1 aliphatic rings. The molecule has 1 saturated heterocycles. The third-order valence-electron chi connectivity index (χ3n) is 2.65. The van der Waals surface area contributed by atoms with Gasteiger partial charge in [-0.05, 0) is 39.5 Å². The summed E-state index contributed by atoms with van der Waals surface area (Å²) in [4.78, 5) is 0. The first kappa shape index (κ1) is 12.0. The summed E-state index contributed by atoms with van der Waals surface area (Å²) >= 11 is 0. The van der Waals surface area contributed by atoms with Crippen molar-refractivity contribution in [2.24, 2.45) is 5.92 Å². The van der Waals surface area contributed by atoms with Crippen molar-refractivity contribution in [3.63, 3.8) is 0 Å². The summed E-state index contributed by atoms with van der Waals surface area (Å²) in [6, 6.07) is 0.221. The molecular formula is C11H23NO2. The van der Waals surface area contributed by atoms with Crippen LogP contribution in [0.2, 0.25) is 0 Å². The van der Waals surface area contributed by atoms with Crippen LogP contribution in [0.15, 0.2) is 0 Å². The second-order valence-electron chi connectivity index (χ2n) is 5.13. The van der Waals surface area contributed by atoms with Crippen LogP contribution < -0.4 is 5.32 Å². The van der Waals surface area contributed by atoms with Gasteiger partial charge in [-0.2, -0.15) is 0 Å². The van der Waals surface area contributed by atoms with Gasteiger partial charge in [0.25, 0.3) is 0 Å². The second kappa shape index (κ2) is 5.10. The Labute approximate surface area is 86.8 Å². The van der Waals surface area contributed by atoms with Crippen LogP contribution in [0, 0.1) is 5.92 Å². The van der Waals surface area contributed by atoms with Crippen molar-refractivity contribution >= 4 is 0 Å². The first-order valence-electron chi connectivity index (χ1n) is 5.49. The summed E-state index contributed by atoms with van der Waals surface area (Å²) in [6.45, 7) is 8.31. The zero-order valence-corrected chi connectivity index (χ0v) is 9.55. The Morgan fingerprint density at radius 3 is 2.36 bits per heavy atom. The number of hydrogen-bond acceptors (Lipinski definition) is 3. The third kappa shape index (κ3) is 3.95. The maximum absolute atomic E-state index is 9.34. The van der Waals surface area contributed by atoms with Crippen molar-refractivity contribution in [2.75, 3.05) is 19.8 Å². The van der Waals surface area contributed by atoms with Crippen LogP contribution in [-0.2, 0) is 4.74 Å². The molecule has 0 radical (unpaired) electrons. The van der Waals surface area contributed by atoms with E-state index >= 15 is 0 Å². The molecule has 84 valence electrons. The second-order valence-corrected chi connectivity index (χ2v) is 5.13. The Hall–Kier alpha value is -0.120. The lowest BCUT2D eigenvalue weighted by Gasteiger charge is -2.34. The summed E-state index contributed by atoms with van der Waals surface area (Å²) < 4.78 is 5.32. The lowest BCUT2D eigenvalue weighted by molar-refractivity contribution is 0.0387. The summed E-state index contributed by atoms with van der Waals surface area (Å²) in [5.74, 6) is 0.563. The van der Waals surface area contributed by atoms with Gasteiger partial charge in [-0.25, -0.2) is 0 Å². The van der Waals surface area contributed by atoms with E-state index in [1.807, 2.05) is 0 Å². The minimum atomic E-state index is 0.0751. The SMILES string of the molecule is CC(C)(C)N[C@H](CO)C1CCOCC1. The van der Waals surface area contributed by atoms with Gasteiger partial charge < -0.3 is 15.2 Å². The molecule has 3 nitrogen and oxygen atoms in total. The van der Waals surface area contributed by atoms with E-state index in [4.69, 9.17) is 4.74 Å². The Bertz CT molecular complexity index is 159. The molecule has 0 aromatic carbocycles. The molecule has 1 aliphatic heterocycles. The molecule has 2 N–H and O–H groups in total. The molecule has 0 saturated carbocycles. The van der Waals surface area contributed by atoms with Crippen LogP contribution >= 0.6 is 0 Å². The molecule has 0 aliphatic carbocycles. The minimum Gasteiger partial charge on any atom is -0.395 e. The molecule has 1 rings (SSSR count). The molecular weight excluding hydrogens is 178 g/mol. The van der Waals surface area contributed by atoms with Crippen molar-refractivity contribution in [1.29, 1.82) is 0 Å². The van der Waals surface area contributed by atoms with Crippen molar-refractivity contribution in [3.8, 4) is 0 Å². The highest BCUT2D eigenvalue weighted by Crippen LogP contribution is 2.20. The Kier molecular flexibility index (Phi) is 4.35. The first-order chi connectivity index (χ1) is 6.53. The van der Waals surface area contributed by atoms with Gasteiger partial charge in [0.05, 0.1) is 6.61 Å². The van der Waals surface area contributed by atoms with E-state index in [-0.39, 0.29) is 18.2 Å². The van der Waals surface area contributed by atoms with Gasteiger partial charge in [0.2, 0.25) is 0 Å². The highest BCUT2D eigenvalue weighted by Gasteiger charge is 2.26. The summed E-state index contributed by atoms with van der Waals surface area (Å²) in [7, 11) is 0. The van der Waals surface area contributed by atoms with Crippen LogP contribution in [0.4, 0.5) is 0 Å². The molecule has 0 amide bonds. The van der Waals surface area contributed by atoms with Crippen LogP contribution in [0.5, 0.6) is 0 Å². The van der Waals surface area contributed by atoms with Crippen molar-refractivity contribution < 1.29 is 9.84 Å². The highest BCUT2D eigenvalue weighted by atomic mass is 16.5. The molecule has 0 aromatic heterocycles. The standard InChI is InChI=1S/C11H23NO2/c1-11(2,3)12-10(8-13)9-4-6-14-7-5-9/h9-10,12-13H,4-8H2,1-3H3/t10-/m1/s1. The van der Waals surface area contributed by atoms with Gasteiger partial charge in [-0.3, -0.25) is 0 Å². The fourth-order valence-electron chi connectivity index (χ4n) is 1.99. The zero-order chi connectivity index (χ0) is 10.6. The van der Waals surface area contributed by atoms with Crippen molar-refractivity contribution in [1.82, 2.24) is 5.32 Å². The lowest BCUT2D eigenvalue weighted by atomic mass is 9.90. The molecule has 14 heavy (non-hydrogen) atoms. The molecule has 0 bridgehead atoms. The van der Waals surface area contributed by atoms with E-state index in [0.29, 0.717) is 5.92 Å². The molecule has 0 aromatic rings. The molecule has 1 heterocycles. The van der Waals surface area contributed by atoms with Gasteiger partial charge in [0.15, 0.2) is 0 Å². The Morgan fingerprint density at radius 1 is 1.36 bits per heavy atom. The quantitative estimate of drug-likeness (QED) is 0.720. The fraction of sp³-hybridized carbons (Fsp3) is 1.00. The lowest BCUT2D eigenvalue weighted by Crippen LogP contribution is -2.50. The zero-order valence-electron chi connectivity index (χ0n) is 9.55. The van der Waals surface area contributed by atoms with Gasteiger partial charge >= 0.3 is 0 Å². The van der Waals surface area contributed by atoms with Crippen LogP contribution in [0.1, 0.15) is 33.6 Å². The smallest absolute Gasteiger partial charge is 0.0587 e. The number of hydrogen-bond donors (Lipinski definition) is 2. The minimum absolute atomic E-state index is 0.0751. The number of ether oxygens (including phenoxy) is 1. The molecule has 0 unspecified atom stereocenters. The summed E-state index contributed by atoms with van der Waals surface area (Å²) in [5.41, 5.74) is 0.0751. The van der Waals surface area contributed by atoms with Crippen LogP contribution in [-0.4, -0.2) is 36.5 Å². The van der Waals surface area contributed by atoms with Gasteiger partial charge in [-0.15, -0.1) is 0 Å². The van der Waals surface area contributed by atoms with Gasteiger partial charge in [0.1, 0.15) is 0 Å². The van der Waals surface area contributed by atoms with E-state index in [9.17, 15) is 5.11 Å². The van der Waals surface area contributed by atoms with Gasteiger partial charge in [0, 0.05) is 24.8 Å². The summed E-state index contributed by atoms with van der Waals surface area (Å²) in [5, 5.41) is 12.8. The van der Waals surface area contributed by atoms with E-state index in [2.05, 4.69) is 26.1 Å². The normalized spacial score (nSPS) is 22.3. The van der Waals surface area contributed by atoms with E-state index in [0.717, 1.165) is 26.1 Å². The average molecular weight is 201 g/mol. The van der Waals surface area contributed by atoms with Crippen LogP contribution in [0.3, 0.4) is 0 Å². The Morgan fingerprint density at radius 2 is 1.93 bits per heavy atom. The number of aliphatic hydroxyl groups excluding tert-OH is 1. The van der Waals surface area contributed by atoms with Gasteiger partial charge in [-0.1, -0.05) is 0 Å². The fourth-order valence-corrected chi connectivity index (χ4v) is 1.99. The average Bonchev–Trinajstić information content (AvgIpc) is 2.14.